The molecule has 0 aromatic heterocycles. The maximum atomic E-state index is 12.7. The van der Waals surface area contributed by atoms with E-state index in [9.17, 15) is 13.2 Å². The van der Waals surface area contributed by atoms with Crippen molar-refractivity contribution < 1.29 is 13.2 Å². The summed E-state index contributed by atoms with van der Waals surface area (Å²) in [5.41, 5.74) is 5.90. The molecular formula is C13H18ClN3O3S. The van der Waals surface area contributed by atoms with E-state index in [-0.39, 0.29) is 11.4 Å². The lowest BCUT2D eigenvalue weighted by atomic mass is 10.2. The third-order valence-electron chi connectivity index (χ3n) is 3.53. The van der Waals surface area contributed by atoms with E-state index in [1.165, 1.54) is 15.3 Å². The van der Waals surface area contributed by atoms with Gasteiger partial charge in [0.1, 0.15) is 0 Å². The smallest absolute Gasteiger partial charge is 0.314 e. The Bertz CT molecular complexity index is 648. The van der Waals surface area contributed by atoms with E-state index in [0.29, 0.717) is 36.6 Å². The molecule has 1 saturated heterocycles. The van der Waals surface area contributed by atoms with Crippen LogP contribution in [0.25, 0.3) is 0 Å². The molecule has 1 heterocycles. The van der Waals surface area contributed by atoms with Crippen LogP contribution in [0, 0.1) is 6.92 Å². The molecule has 1 aliphatic rings. The van der Waals surface area contributed by atoms with Gasteiger partial charge in [0.2, 0.25) is 10.0 Å². The third-order valence-corrected chi connectivity index (χ3v) is 5.81. The predicted octanol–water partition coefficient (Wildman–Crippen LogP) is 1.42. The highest BCUT2D eigenvalue weighted by Gasteiger charge is 2.28. The molecule has 2 rings (SSSR count). The summed E-state index contributed by atoms with van der Waals surface area (Å²) in [5, 5.41) is 0.382. The minimum Gasteiger partial charge on any atom is -0.351 e. The van der Waals surface area contributed by atoms with Gasteiger partial charge in [-0.15, -0.1) is 0 Å². The summed E-state index contributed by atoms with van der Waals surface area (Å²) in [6.07, 6.45) is 0.557. The Balaban J connectivity index is 2.27. The topological polar surface area (TPSA) is 83.7 Å². The molecule has 0 unspecified atom stereocenters. The number of rotatable bonds is 2. The Morgan fingerprint density at radius 1 is 1.24 bits per heavy atom. The van der Waals surface area contributed by atoms with Crippen LogP contribution in [0.4, 0.5) is 4.79 Å². The van der Waals surface area contributed by atoms with Crippen molar-refractivity contribution in [2.24, 2.45) is 5.73 Å². The van der Waals surface area contributed by atoms with Gasteiger partial charge in [-0.25, -0.2) is 13.2 Å². The lowest BCUT2D eigenvalue weighted by molar-refractivity contribution is 0.210. The second-order valence-corrected chi connectivity index (χ2v) is 7.34. The van der Waals surface area contributed by atoms with Crippen molar-refractivity contribution in [3.8, 4) is 0 Å². The molecule has 6 nitrogen and oxygen atoms in total. The monoisotopic (exact) mass is 331 g/mol. The van der Waals surface area contributed by atoms with E-state index >= 15 is 0 Å². The lowest BCUT2D eigenvalue weighted by Crippen LogP contribution is -2.39. The highest BCUT2D eigenvalue weighted by atomic mass is 35.5. The van der Waals surface area contributed by atoms with Crippen molar-refractivity contribution in [1.82, 2.24) is 9.21 Å². The summed E-state index contributed by atoms with van der Waals surface area (Å²) in [6.45, 7) is 3.09. The second-order valence-electron chi connectivity index (χ2n) is 4.99. The minimum absolute atomic E-state index is 0.211. The molecule has 0 saturated carbocycles. The Labute approximate surface area is 129 Å². The Kier molecular flexibility index (Phi) is 4.75. The van der Waals surface area contributed by atoms with Gasteiger partial charge in [0.05, 0.1) is 4.90 Å². The number of carbonyl (C=O) groups excluding carboxylic acids is 1. The van der Waals surface area contributed by atoms with Crippen LogP contribution in [0.5, 0.6) is 0 Å². The zero-order valence-electron chi connectivity index (χ0n) is 11.8. The Morgan fingerprint density at radius 3 is 2.62 bits per heavy atom. The molecule has 0 bridgehead atoms. The van der Waals surface area contributed by atoms with Gasteiger partial charge in [0.25, 0.3) is 0 Å². The highest BCUT2D eigenvalue weighted by Crippen LogP contribution is 2.24. The number of nitrogens with two attached hydrogens (primary N) is 1. The van der Waals surface area contributed by atoms with Gasteiger partial charge in [-0.2, -0.15) is 4.31 Å². The van der Waals surface area contributed by atoms with Gasteiger partial charge in [0.15, 0.2) is 0 Å². The number of urea groups is 1. The maximum Gasteiger partial charge on any atom is 0.314 e. The summed E-state index contributed by atoms with van der Waals surface area (Å²) in [4.78, 5) is 12.9. The fraction of sp³-hybridized carbons (Fsp3) is 0.462. The average molecular weight is 332 g/mol. The number of amides is 2. The molecule has 1 aliphatic heterocycles. The standard InChI is InChI=1S/C13H18ClN3O3S/c1-10-3-4-11(14)9-12(10)21(19,20)17-6-2-5-16(7-8-17)13(15)18/h3-4,9H,2,5-8H2,1H3,(H2,15,18). The average Bonchev–Trinajstić information content (AvgIpc) is 2.67. The molecule has 1 aromatic carbocycles. The number of carbonyl (C=O) groups is 1. The number of sulfonamides is 1. The normalized spacial score (nSPS) is 17.5. The molecule has 0 radical (unpaired) electrons. The summed E-state index contributed by atoms with van der Waals surface area (Å²) in [6, 6.07) is 4.28. The fourth-order valence-electron chi connectivity index (χ4n) is 2.35. The van der Waals surface area contributed by atoms with E-state index < -0.39 is 16.1 Å². The van der Waals surface area contributed by atoms with E-state index in [2.05, 4.69) is 0 Å². The molecule has 21 heavy (non-hydrogen) atoms. The summed E-state index contributed by atoms with van der Waals surface area (Å²) in [7, 11) is -3.62. The second kappa shape index (κ2) is 6.21. The van der Waals surface area contributed by atoms with Crippen LogP contribution >= 0.6 is 11.6 Å². The van der Waals surface area contributed by atoms with Gasteiger partial charge >= 0.3 is 6.03 Å². The number of halogens is 1. The van der Waals surface area contributed by atoms with Crippen LogP contribution in [-0.4, -0.2) is 49.8 Å². The fourth-order valence-corrected chi connectivity index (χ4v) is 4.30. The maximum absolute atomic E-state index is 12.7. The van der Waals surface area contributed by atoms with Gasteiger partial charge in [-0.3, -0.25) is 0 Å². The highest BCUT2D eigenvalue weighted by molar-refractivity contribution is 7.89. The summed E-state index contributed by atoms with van der Waals surface area (Å²) in [5.74, 6) is 0. The summed E-state index contributed by atoms with van der Waals surface area (Å²) < 4.78 is 26.8. The van der Waals surface area contributed by atoms with E-state index in [4.69, 9.17) is 17.3 Å². The van der Waals surface area contributed by atoms with Crippen LogP contribution < -0.4 is 5.73 Å². The number of nitrogens with zero attached hydrogens (tertiary/aromatic N) is 2. The van der Waals surface area contributed by atoms with Crippen LogP contribution in [-0.2, 0) is 10.0 Å². The Morgan fingerprint density at radius 2 is 1.95 bits per heavy atom. The van der Waals surface area contributed by atoms with E-state index in [1.807, 2.05) is 0 Å². The van der Waals surface area contributed by atoms with Crippen LogP contribution in [0.2, 0.25) is 5.02 Å². The zero-order chi connectivity index (χ0) is 15.6. The predicted molar refractivity (Wildman–Crippen MR) is 80.7 cm³/mol. The molecule has 2 amide bonds. The number of benzene rings is 1. The Hall–Kier alpha value is -1.31. The minimum atomic E-state index is -3.62. The van der Waals surface area contributed by atoms with Crippen molar-refractivity contribution in [1.29, 1.82) is 0 Å². The van der Waals surface area contributed by atoms with Gasteiger partial charge in [-0.1, -0.05) is 17.7 Å². The number of primary amides is 1. The molecular weight excluding hydrogens is 314 g/mol. The van der Waals surface area contributed by atoms with Crippen molar-refractivity contribution in [3.63, 3.8) is 0 Å². The van der Waals surface area contributed by atoms with Crippen molar-refractivity contribution in [3.05, 3.63) is 28.8 Å². The van der Waals surface area contributed by atoms with Gasteiger partial charge in [-0.05, 0) is 31.0 Å². The number of hydrogen-bond acceptors (Lipinski definition) is 3. The molecule has 116 valence electrons. The number of aryl methyl sites for hydroxylation is 1. The van der Waals surface area contributed by atoms with Crippen LogP contribution in [0.15, 0.2) is 23.1 Å². The molecule has 1 aromatic rings. The number of hydrogen-bond donors (Lipinski definition) is 1. The molecule has 2 N–H and O–H groups in total. The van der Waals surface area contributed by atoms with Crippen molar-refractivity contribution in [2.75, 3.05) is 26.2 Å². The zero-order valence-corrected chi connectivity index (χ0v) is 13.3. The van der Waals surface area contributed by atoms with E-state index in [0.717, 1.165) is 0 Å². The van der Waals surface area contributed by atoms with Gasteiger partial charge in [0, 0.05) is 31.2 Å². The summed E-state index contributed by atoms with van der Waals surface area (Å²) >= 11 is 5.91. The van der Waals surface area contributed by atoms with Crippen LogP contribution in [0.3, 0.4) is 0 Å². The van der Waals surface area contributed by atoms with Crippen LogP contribution in [0.1, 0.15) is 12.0 Å². The van der Waals surface area contributed by atoms with Crippen molar-refractivity contribution >= 4 is 27.7 Å². The van der Waals surface area contributed by atoms with Gasteiger partial charge < -0.3 is 10.6 Å². The molecule has 0 aliphatic carbocycles. The molecule has 8 heteroatoms. The molecule has 0 atom stereocenters. The lowest BCUT2D eigenvalue weighted by Gasteiger charge is -2.21. The SMILES string of the molecule is Cc1ccc(Cl)cc1S(=O)(=O)N1CCCN(C(N)=O)CC1. The first-order chi connectivity index (χ1) is 9.82. The third kappa shape index (κ3) is 3.48. The first kappa shape index (κ1) is 16.1. The first-order valence-electron chi connectivity index (χ1n) is 6.63. The quantitative estimate of drug-likeness (QED) is 0.889. The molecule has 0 spiro atoms. The first-order valence-corrected chi connectivity index (χ1v) is 8.45. The largest absolute Gasteiger partial charge is 0.351 e. The molecule has 1 fully saturated rings. The van der Waals surface area contributed by atoms with Crippen molar-refractivity contribution in [2.45, 2.75) is 18.2 Å². The van der Waals surface area contributed by atoms with E-state index in [1.54, 1.807) is 19.1 Å².